The molecule has 0 saturated carbocycles. The van der Waals surface area contributed by atoms with E-state index in [4.69, 9.17) is 0 Å². The monoisotopic (exact) mass is 578 g/mol. The number of nitrogens with zero attached hydrogens (tertiary/aromatic N) is 1. The lowest BCUT2D eigenvalue weighted by Gasteiger charge is -2.30. The number of hydrogen-bond acceptors (Lipinski definition) is 3. The number of quaternary nitrogens is 1. The molecule has 7 heteroatoms. The van der Waals surface area contributed by atoms with Crippen molar-refractivity contribution in [3.05, 3.63) is 136 Å². The van der Waals surface area contributed by atoms with Crippen LogP contribution in [0.5, 0.6) is 0 Å². The molecule has 0 aromatic heterocycles. The number of fused-ring (bicyclic) bond motifs is 1. The molecule has 0 radical (unpaired) electrons. The number of rotatable bonds is 7. The number of halogens is 1. The van der Waals surface area contributed by atoms with Gasteiger partial charge in [-0.3, -0.25) is 9.59 Å². The van der Waals surface area contributed by atoms with Crippen LogP contribution < -0.4 is 15.1 Å². The Bertz CT molecular complexity index is 1600. The largest absolute Gasteiger partial charge is 0.349 e. The lowest BCUT2D eigenvalue weighted by Crippen LogP contribution is -3.12. The minimum absolute atomic E-state index is 0.0705. The normalized spacial score (nSPS) is 19.4. The third-order valence-corrected chi connectivity index (χ3v) is 8.99. The molecule has 2 aliphatic heterocycles. The highest BCUT2D eigenvalue weighted by atomic mass is 32.2. The number of nitrogens with one attached hydrogen (secondary N) is 2. The standard InChI is InChI=1S/C35H32FN3O2S/c36-30-11-5-4-10-28(30)24-39-31-12-6-7-13-32(31)42-33(35(39)41)22-25-14-16-27(17-15-25)34(40)37-29-18-20-38(21-19-29)23-26-8-2-1-3-9-26/h1-17,22,29H,18-21,23-24H2,(H,37,40)/p+1. The van der Waals surface area contributed by atoms with E-state index in [0.717, 1.165) is 48.6 Å². The molecule has 4 aromatic carbocycles. The first-order valence-corrected chi connectivity index (χ1v) is 15.2. The Hall–Kier alpha value is -4.20. The summed E-state index contributed by atoms with van der Waals surface area (Å²) in [4.78, 5) is 31.2. The molecule has 0 atom stereocenters. The number of carbonyl (C=O) groups excluding carboxylic acids is 2. The predicted octanol–water partition coefficient (Wildman–Crippen LogP) is 5.48. The van der Waals surface area contributed by atoms with Crippen molar-refractivity contribution in [2.75, 3.05) is 18.0 Å². The summed E-state index contributed by atoms with van der Waals surface area (Å²) in [5.74, 6) is -0.581. The topological polar surface area (TPSA) is 53.9 Å². The van der Waals surface area contributed by atoms with Gasteiger partial charge in [0.1, 0.15) is 12.4 Å². The molecule has 6 rings (SSSR count). The fourth-order valence-corrected chi connectivity index (χ4v) is 6.66. The summed E-state index contributed by atoms with van der Waals surface area (Å²) < 4.78 is 14.4. The summed E-state index contributed by atoms with van der Waals surface area (Å²) in [5, 5.41) is 3.21. The van der Waals surface area contributed by atoms with Gasteiger partial charge < -0.3 is 15.1 Å². The Morgan fingerprint density at radius 2 is 1.60 bits per heavy atom. The van der Waals surface area contributed by atoms with Crippen LogP contribution in [0, 0.1) is 5.82 Å². The molecule has 0 unspecified atom stereocenters. The fourth-order valence-electron chi connectivity index (χ4n) is 5.60. The number of amides is 2. The Labute approximate surface area is 250 Å². The van der Waals surface area contributed by atoms with Gasteiger partial charge in [0.15, 0.2) is 0 Å². The summed E-state index contributed by atoms with van der Waals surface area (Å²) >= 11 is 1.41. The van der Waals surface area contributed by atoms with Crippen LogP contribution in [0.1, 0.15) is 39.9 Å². The van der Waals surface area contributed by atoms with E-state index in [1.54, 1.807) is 40.1 Å². The van der Waals surface area contributed by atoms with E-state index in [0.29, 0.717) is 16.0 Å². The second-order valence-corrected chi connectivity index (χ2v) is 11.9. The van der Waals surface area contributed by atoms with E-state index in [1.807, 2.05) is 48.5 Å². The van der Waals surface area contributed by atoms with Crippen molar-refractivity contribution in [3.63, 3.8) is 0 Å². The molecule has 2 amide bonds. The van der Waals surface area contributed by atoms with Crippen molar-refractivity contribution in [1.29, 1.82) is 0 Å². The SMILES string of the molecule is O=C(NC1CC[NH+](Cc2ccccc2)CC1)c1ccc(C=C2Sc3ccccc3N(Cc3ccccc3F)C2=O)cc1. The Kier molecular flexibility index (Phi) is 8.49. The van der Waals surface area contributed by atoms with Gasteiger partial charge in [-0.2, -0.15) is 0 Å². The maximum atomic E-state index is 14.4. The third kappa shape index (κ3) is 6.48. The van der Waals surface area contributed by atoms with Gasteiger partial charge in [-0.1, -0.05) is 84.6 Å². The highest BCUT2D eigenvalue weighted by Gasteiger charge is 2.30. The summed E-state index contributed by atoms with van der Waals surface area (Å²) in [6, 6.07) is 32.3. The molecule has 4 aromatic rings. The number of anilines is 1. The maximum Gasteiger partial charge on any atom is 0.265 e. The van der Waals surface area contributed by atoms with Gasteiger partial charge in [0, 0.05) is 40.5 Å². The Morgan fingerprint density at radius 3 is 2.36 bits per heavy atom. The van der Waals surface area contributed by atoms with Crippen LogP contribution in [-0.4, -0.2) is 30.9 Å². The third-order valence-electron chi connectivity index (χ3n) is 7.91. The minimum atomic E-state index is -0.334. The van der Waals surface area contributed by atoms with E-state index in [1.165, 1.54) is 23.4 Å². The molecular formula is C35H33FN3O2S+. The van der Waals surface area contributed by atoms with Gasteiger partial charge >= 0.3 is 0 Å². The van der Waals surface area contributed by atoms with Crippen molar-refractivity contribution in [2.45, 2.75) is 36.9 Å². The van der Waals surface area contributed by atoms with E-state index in [9.17, 15) is 14.0 Å². The number of carbonyl (C=O) groups is 2. The summed E-state index contributed by atoms with van der Waals surface area (Å²) in [7, 11) is 0. The van der Waals surface area contributed by atoms with E-state index in [2.05, 4.69) is 29.6 Å². The van der Waals surface area contributed by atoms with Crippen LogP contribution in [0.3, 0.4) is 0 Å². The second-order valence-electron chi connectivity index (χ2n) is 10.8. The Morgan fingerprint density at radius 1 is 0.905 bits per heavy atom. The first-order valence-electron chi connectivity index (χ1n) is 14.4. The summed E-state index contributed by atoms with van der Waals surface area (Å²) in [5.41, 5.74) is 4.01. The average Bonchev–Trinajstić information content (AvgIpc) is 3.02. The fraction of sp³-hybridized carbons (Fsp3) is 0.200. The number of benzene rings is 4. The van der Waals surface area contributed by atoms with E-state index in [-0.39, 0.29) is 30.2 Å². The van der Waals surface area contributed by atoms with Crippen molar-refractivity contribution < 1.29 is 18.9 Å². The molecule has 0 aliphatic carbocycles. The number of piperidine rings is 1. The van der Waals surface area contributed by atoms with Gasteiger partial charge in [-0.05, 0) is 42.0 Å². The number of para-hydroxylation sites is 1. The first kappa shape index (κ1) is 27.9. The molecule has 1 saturated heterocycles. The molecular weight excluding hydrogens is 545 g/mol. The van der Waals surface area contributed by atoms with Crippen LogP contribution in [-0.2, 0) is 17.9 Å². The molecule has 5 nitrogen and oxygen atoms in total. The zero-order valence-corrected chi connectivity index (χ0v) is 24.1. The van der Waals surface area contributed by atoms with Crippen LogP contribution >= 0.6 is 11.8 Å². The number of thioether (sulfide) groups is 1. The molecule has 2 heterocycles. The van der Waals surface area contributed by atoms with Gasteiger partial charge in [0.25, 0.3) is 11.8 Å². The molecule has 0 spiro atoms. The molecule has 2 aliphatic rings. The van der Waals surface area contributed by atoms with Gasteiger partial charge in [0.2, 0.25) is 0 Å². The van der Waals surface area contributed by atoms with Gasteiger partial charge in [0.05, 0.1) is 30.2 Å². The summed E-state index contributed by atoms with van der Waals surface area (Å²) in [6.45, 7) is 3.24. The van der Waals surface area contributed by atoms with Gasteiger partial charge in [-0.15, -0.1) is 0 Å². The van der Waals surface area contributed by atoms with Crippen LogP contribution in [0.2, 0.25) is 0 Å². The van der Waals surface area contributed by atoms with E-state index >= 15 is 0 Å². The van der Waals surface area contributed by atoms with Crippen molar-refractivity contribution in [3.8, 4) is 0 Å². The predicted molar refractivity (Wildman–Crippen MR) is 166 cm³/mol. The smallest absolute Gasteiger partial charge is 0.265 e. The van der Waals surface area contributed by atoms with Crippen molar-refractivity contribution in [2.24, 2.45) is 0 Å². The van der Waals surface area contributed by atoms with Gasteiger partial charge in [-0.25, -0.2) is 4.39 Å². The summed E-state index contributed by atoms with van der Waals surface area (Å²) in [6.07, 6.45) is 3.76. The molecule has 42 heavy (non-hydrogen) atoms. The molecule has 0 bridgehead atoms. The molecule has 2 N–H and O–H groups in total. The zero-order valence-electron chi connectivity index (χ0n) is 23.3. The minimum Gasteiger partial charge on any atom is -0.349 e. The number of hydrogen-bond donors (Lipinski definition) is 2. The van der Waals surface area contributed by atoms with Crippen LogP contribution in [0.4, 0.5) is 10.1 Å². The first-order chi connectivity index (χ1) is 20.5. The quantitative estimate of drug-likeness (QED) is 0.286. The molecule has 212 valence electrons. The average molecular weight is 579 g/mol. The maximum absolute atomic E-state index is 14.4. The number of likely N-dealkylation sites (tertiary alicyclic amines) is 1. The van der Waals surface area contributed by atoms with Crippen LogP contribution in [0.15, 0.2) is 113 Å². The van der Waals surface area contributed by atoms with Crippen molar-refractivity contribution >= 4 is 35.3 Å². The van der Waals surface area contributed by atoms with Crippen LogP contribution in [0.25, 0.3) is 6.08 Å². The zero-order chi connectivity index (χ0) is 28.9. The lowest BCUT2D eigenvalue weighted by atomic mass is 10.0. The van der Waals surface area contributed by atoms with E-state index < -0.39 is 0 Å². The van der Waals surface area contributed by atoms with Crippen molar-refractivity contribution in [1.82, 2.24) is 5.32 Å². The Balaban J connectivity index is 1.10. The lowest BCUT2D eigenvalue weighted by molar-refractivity contribution is -0.918. The highest BCUT2D eigenvalue weighted by molar-refractivity contribution is 8.04. The highest BCUT2D eigenvalue weighted by Crippen LogP contribution is 2.42. The molecule has 1 fully saturated rings. The second kappa shape index (κ2) is 12.8.